The maximum absolute atomic E-state index is 14.8. The number of nitrogens with zero attached hydrogens (tertiary/aromatic N) is 3. The topological polar surface area (TPSA) is 642 Å². The molecule has 40 heteroatoms. The number of benzene rings is 3. The Bertz CT molecular complexity index is 4080. The first-order valence-corrected chi connectivity index (χ1v) is 34.8. The van der Waals surface area contributed by atoms with Crippen molar-refractivity contribution >= 4 is 106 Å². The lowest BCUT2D eigenvalue weighted by Gasteiger charge is -2.27. The standard InChI is InChI=1S/C69H93N21O19/c1-35(77-60(101)47(22-23-55(70)95)81-61(102)46(17-11-24-74-69(72)73)80-64(105)50(84-67(108)53(33-91)78-37(3)93)28-40-31-75-44-15-8-7-14-43(40)44)58(99)76-36(2)59(100)82-48(26-38-12-5-4-6-13-38)63(104)85-51-29-41-32-90(89-88-41)25-10-9-16-45(57(71)98)79-62(103)49(27-39-18-20-42(94)21-19-39)83-68(109)54(34-92)87-66(107)52(30-56(96)97)86-65(51)106/h4-8,12-15,18-21,31-32,35-36,45-54,75,91-92,94H,9-11,16-17,22-30,33-34H2,1-3H3,(H2,70,95)(H2,71,98)(H,76,99)(H,77,101)(H,78,93)(H,79,103)(H,80,105)(H,81,102)(H,82,100)(H,83,109)(H,84,108)(H,85,104)(H,86,106)(H,87,107)(H,96,97)(H4,72,73,74)/t35-,36-,45-,46-,47-,48-,49-,50-,51-,52-,53-,54-/m0/s1. The molecule has 25 N–H and O–H groups in total. The van der Waals surface area contributed by atoms with E-state index in [1.54, 1.807) is 60.8 Å². The number of primary amides is 2. The van der Waals surface area contributed by atoms with Crippen LogP contribution in [0.15, 0.2) is 91.3 Å². The number of guanidine groups is 1. The van der Waals surface area contributed by atoms with E-state index in [-0.39, 0.29) is 69.5 Å². The maximum atomic E-state index is 14.8. The molecular formula is C69H93N21O19. The lowest BCUT2D eigenvalue weighted by Crippen LogP contribution is -2.61. The van der Waals surface area contributed by atoms with Crippen molar-refractivity contribution < 1.29 is 92.3 Å². The summed E-state index contributed by atoms with van der Waals surface area (Å²) in [4.78, 5) is 208. The van der Waals surface area contributed by atoms with Gasteiger partial charge in [0.05, 0.1) is 25.3 Å². The third-order valence-electron chi connectivity index (χ3n) is 17.2. The zero-order valence-electron chi connectivity index (χ0n) is 59.9. The van der Waals surface area contributed by atoms with Crippen LogP contribution in [0.1, 0.15) is 94.5 Å². The average molecular weight is 1520 g/mol. The molecule has 12 atom stereocenters. The number of aromatic nitrogens is 4. The number of aliphatic hydroxyl groups excluding tert-OH is 2. The number of aliphatic carboxylic acids is 1. The number of aromatic amines is 1. The number of phenolic OH excluding ortho intramolecular Hbond substituents is 1. The number of carbonyl (C=O) groups excluding carboxylic acids is 14. The summed E-state index contributed by atoms with van der Waals surface area (Å²) in [6.45, 7) is 1.65. The van der Waals surface area contributed by atoms with Crippen LogP contribution in [0.5, 0.6) is 5.75 Å². The number of aliphatic hydroxyl groups is 2. The predicted octanol–water partition coefficient (Wildman–Crippen LogP) is -6.73. The first-order chi connectivity index (χ1) is 51.8. The Morgan fingerprint density at radius 3 is 1.83 bits per heavy atom. The van der Waals surface area contributed by atoms with Crippen LogP contribution in [-0.4, -0.2) is 227 Å². The van der Waals surface area contributed by atoms with E-state index in [0.717, 1.165) is 6.92 Å². The number of nitrogens with one attached hydrogen (secondary N) is 15. The minimum Gasteiger partial charge on any atom is -0.508 e. The van der Waals surface area contributed by atoms with E-state index in [9.17, 15) is 92.3 Å². The molecule has 2 aromatic heterocycles. The Balaban J connectivity index is 1.21. The number of nitrogens with two attached hydrogens (primary N) is 3. The average Bonchev–Trinajstić information content (AvgIpc) is 1.73. The number of carboxylic acid groups (broad SMARTS) is 1. The van der Waals surface area contributed by atoms with Gasteiger partial charge in [-0.25, -0.2) is 0 Å². The van der Waals surface area contributed by atoms with Crippen LogP contribution in [0.25, 0.3) is 10.9 Å². The second-order valence-corrected chi connectivity index (χ2v) is 25.9. The summed E-state index contributed by atoms with van der Waals surface area (Å²) in [5.41, 5.74) is 18.8. The van der Waals surface area contributed by atoms with Gasteiger partial charge < -0.3 is 112 Å². The summed E-state index contributed by atoms with van der Waals surface area (Å²) in [5, 5.41) is 88.7. The predicted molar refractivity (Wildman–Crippen MR) is 385 cm³/mol. The minimum absolute atomic E-state index is 0.00418. The number of fused-ring (bicyclic) bond motifs is 3. The van der Waals surface area contributed by atoms with Crippen molar-refractivity contribution in [2.75, 3.05) is 19.8 Å². The first-order valence-electron chi connectivity index (χ1n) is 34.8. The zero-order chi connectivity index (χ0) is 80.0. The van der Waals surface area contributed by atoms with Crippen LogP contribution < -0.4 is 86.3 Å². The number of carbonyl (C=O) groups is 15. The molecule has 0 saturated heterocycles. The van der Waals surface area contributed by atoms with E-state index in [0.29, 0.717) is 34.0 Å². The second kappa shape index (κ2) is 41.9. The Morgan fingerprint density at radius 1 is 0.624 bits per heavy atom. The molecule has 40 nitrogen and oxygen atoms in total. The van der Waals surface area contributed by atoms with Gasteiger partial charge in [0.2, 0.25) is 82.7 Å². The molecule has 14 amide bonds. The van der Waals surface area contributed by atoms with Crippen LogP contribution in [0.3, 0.4) is 0 Å². The van der Waals surface area contributed by atoms with E-state index in [4.69, 9.17) is 22.6 Å². The minimum atomic E-state index is -2.05. The van der Waals surface area contributed by atoms with Crippen LogP contribution in [0.4, 0.5) is 0 Å². The van der Waals surface area contributed by atoms with Crippen molar-refractivity contribution in [1.29, 1.82) is 5.41 Å². The summed E-state index contributed by atoms with van der Waals surface area (Å²) in [7, 11) is 0. The molecule has 588 valence electrons. The van der Waals surface area contributed by atoms with E-state index < -0.39 is 206 Å². The van der Waals surface area contributed by atoms with Gasteiger partial charge in [0, 0.05) is 75.4 Å². The maximum Gasteiger partial charge on any atom is 0.305 e. The van der Waals surface area contributed by atoms with Gasteiger partial charge in [0.1, 0.15) is 78.3 Å². The Kier molecular flexibility index (Phi) is 32.8. The molecule has 0 unspecified atom stereocenters. The smallest absolute Gasteiger partial charge is 0.305 e. The summed E-state index contributed by atoms with van der Waals surface area (Å²) >= 11 is 0. The molecule has 2 bridgehead atoms. The van der Waals surface area contributed by atoms with Crippen LogP contribution in [-0.2, 0) is 104 Å². The number of H-pyrrole nitrogens is 1. The Labute approximate surface area is 623 Å². The van der Waals surface area contributed by atoms with Crippen molar-refractivity contribution in [3.8, 4) is 5.75 Å². The van der Waals surface area contributed by atoms with Crippen LogP contribution >= 0.6 is 0 Å². The number of hydrogen-bond acceptors (Lipinski definition) is 21. The summed E-state index contributed by atoms with van der Waals surface area (Å²) in [5.74, 6) is -16.4. The van der Waals surface area contributed by atoms with Gasteiger partial charge >= 0.3 is 5.97 Å². The number of para-hydroxylation sites is 1. The zero-order valence-corrected chi connectivity index (χ0v) is 59.9. The van der Waals surface area contributed by atoms with Gasteiger partial charge in [-0.1, -0.05) is 65.9 Å². The molecule has 1 aliphatic heterocycles. The van der Waals surface area contributed by atoms with Crippen molar-refractivity contribution in [3.05, 3.63) is 114 Å². The van der Waals surface area contributed by atoms with Gasteiger partial charge in [-0.2, -0.15) is 0 Å². The van der Waals surface area contributed by atoms with Crippen LogP contribution in [0, 0.1) is 5.41 Å². The number of phenols is 1. The van der Waals surface area contributed by atoms with Gasteiger partial charge in [-0.15, -0.1) is 5.10 Å². The number of carboxylic acids is 1. The van der Waals surface area contributed by atoms with Gasteiger partial charge in [-0.3, -0.25) is 82.0 Å². The number of aryl methyl sites for hydroxylation is 1. The van der Waals surface area contributed by atoms with Crippen molar-refractivity contribution in [2.45, 2.75) is 177 Å². The molecule has 5 aromatic rings. The molecule has 6 rings (SSSR count). The fourth-order valence-corrected chi connectivity index (χ4v) is 11.4. The first kappa shape index (κ1) is 85.3. The largest absolute Gasteiger partial charge is 0.508 e. The van der Waals surface area contributed by atoms with E-state index in [1.807, 2.05) is 0 Å². The molecule has 0 saturated carbocycles. The van der Waals surface area contributed by atoms with E-state index in [2.05, 4.69) is 84.4 Å². The van der Waals surface area contributed by atoms with Crippen molar-refractivity contribution in [3.63, 3.8) is 0 Å². The van der Waals surface area contributed by atoms with Crippen molar-refractivity contribution in [2.24, 2.45) is 17.2 Å². The highest BCUT2D eigenvalue weighted by atomic mass is 16.4. The molecule has 0 fully saturated rings. The molecule has 109 heavy (non-hydrogen) atoms. The quantitative estimate of drug-likeness (QED) is 0.0105. The number of aromatic hydroxyl groups is 1. The van der Waals surface area contributed by atoms with E-state index >= 15 is 0 Å². The highest BCUT2D eigenvalue weighted by Gasteiger charge is 2.38. The fraction of sp³-hybridized carbons (Fsp3) is 0.449. The summed E-state index contributed by atoms with van der Waals surface area (Å²) < 4.78 is 1.36. The normalized spacial score (nSPS) is 18.4. The number of rotatable bonds is 33. The SMILES string of the molecule is CC(=O)N[C@@H](CO)C(=O)N[C@@H](Cc1c[nH]c2ccccc12)C(=O)N[C@@H](CCCNC(=N)N)C(=O)N[C@@H](CCC(N)=O)C(=O)N[C@@H](C)C(=O)N[C@@H](C)C(=O)N[C@@H](Cc1ccccc1)C(=O)N[C@H]1Cc2cn(nn2)CCCC[C@@H](C(N)=O)NC(=O)[C@H](Cc2ccc(O)cc2)NC(=O)[C@H](CO)NC(=O)[C@H](CC(=O)O)NC1=O. The van der Waals surface area contributed by atoms with Gasteiger partial charge in [0.15, 0.2) is 5.96 Å². The van der Waals surface area contributed by atoms with Crippen molar-refractivity contribution in [1.82, 2.24) is 89.1 Å². The Morgan fingerprint density at radius 2 is 1.19 bits per heavy atom. The Hall–Kier alpha value is -12.6. The number of amides is 14. The highest BCUT2D eigenvalue weighted by molar-refractivity contribution is 6.01. The monoisotopic (exact) mass is 1520 g/mol. The lowest BCUT2D eigenvalue weighted by molar-refractivity contribution is -0.141. The molecule has 0 radical (unpaired) electrons. The summed E-state index contributed by atoms with van der Waals surface area (Å²) in [6, 6.07) is 1.20. The fourth-order valence-electron chi connectivity index (χ4n) is 11.4. The van der Waals surface area contributed by atoms with Crippen LogP contribution in [0.2, 0.25) is 0 Å². The van der Waals surface area contributed by atoms with E-state index in [1.165, 1.54) is 49.0 Å². The molecule has 0 spiro atoms. The lowest BCUT2D eigenvalue weighted by atomic mass is 10.0. The third-order valence-corrected chi connectivity index (χ3v) is 17.2. The third kappa shape index (κ3) is 27.7. The van der Waals surface area contributed by atoms with Gasteiger partial charge in [-0.05, 0) is 87.3 Å². The molecule has 1 aliphatic rings. The molecule has 3 heterocycles. The molecule has 0 aliphatic carbocycles. The molecular weight excluding hydrogens is 1430 g/mol. The number of hydrogen-bond donors (Lipinski definition) is 22. The van der Waals surface area contributed by atoms with Gasteiger partial charge in [0.25, 0.3) is 0 Å². The summed E-state index contributed by atoms with van der Waals surface area (Å²) in [6.07, 6.45) is -0.0264. The highest BCUT2D eigenvalue weighted by Crippen LogP contribution is 2.21. The second-order valence-electron chi connectivity index (χ2n) is 25.9. The molecule has 3 aromatic carbocycles.